The molecule has 1 saturated heterocycles. The predicted octanol–water partition coefficient (Wildman–Crippen LogP) is 2.25. The Morgan fingerprint density at radius 2 is 2.29 bits per heavy atom. The minimum absolute atomic E-state index is 0.194. The van der Waals surface area contributed by atoms with Gasteiger partial charge >= 0.3 is 0 Å². The monoisotopic (exact) mass is 441 g/mol. The van der Waals surface area contributed by atoms with E-state index in [4.69, 9.17) is 22.1 Å². The molecule has 0 unspecified atom stereocenters. The molecule has 1 aromatic carbocycles. The molecule has 10 heteroatoms. The van der Waals surface area contributed by atoms with Gasteiger partial charge in [0.2, 0.25) is 5.95 Å². The maximum absolute atomic E-state index is 12.8. The third kappa shape index (κ3) is 5.01. The number of benzene rings is 1. The van der Waals surface area contributed by atoms with Crippen LogP contribution in [-0.2, 0) is 4.74 Å². The summed E-state index contributed by atoms with van der Waals surface area (Å²) in [6, 6.07) is 7.07. The van der Waals surface area contributed by atoms with Gasteiger partial charge in [-0.25, -0.2) is 9.97 Å². The van der Waals surface area contributed by atoms with Crippen LogP contribution in [0.3, 0.4) is 0 Å². The van der Waals surface area contributed by atoms with Crippen molar-refractivity contribution in [2.75, 3.05) is 25.1 Å². The van der Waals surface area contributed by atoms with E-state index >= 15 is 0 Å². The van der Waals surface area contributed by atoms with Gasteiger partial charge in [0, 0.05) is 36.1 Å². The lowest BCUT2D eigenvalue weighted by atomic mass is 10.1. The molecular weight excluding hydrogens is 418 g/mol. The molecule has 0 saturated carbocycles. The Morgan fingerprint density at radius 1 is 1.42 bits per heavy atom. The first-order valence-electron chi connectivity index (χ1n) is 10.0. The molecule has 162 valence electrons. The molecule has 9 nitrogen and oxygen atoms in total. The summed E-state index contributed by atoms with van der Waals surface area (Å²) in [7, 11) is 0. The predicted molar refractivity (Wildman–Crippen MR) is 117 cm³/mol. The van der Waals surface area contributed by atoms with E-state index in [1.807, 2.05) is 19.1 Å². The molecule has 4 N–H and O–H groups in total. The van der Waals surface area contributed by atoms with Crippen LogP contribution < -0.4 is 16.4 Å². The highest BCUT2D eigenvalue weighted by molar-refractivity contribution is 6.30. The number of nitrogens with one attached hydrogen (secondary N) is 2. The summed E-state index contributed by atoms with van der Waals surface area (Å²) in [5.74, 6) is 0.829. The fraction of sp³-hybridized carbons (Fsp3) is 0.333. The summed E-state index contributed by atoms with van der Waals surface area (Å²) >= 11 is 6.06. The molecular formula is C21H24ClN7O2. The van der Waals surface area contributed by atoms with Crippen LogP contribution >= 0.6 is 11.6 Å². The van der Waals surface area contributed by atoms with Crippen LogP contribution in [0.1, 0.15) is 34.1 Å². The number of ether oxygens (including phenoxy) is 1. The van der Waals surface area contributed by atoms with Gasteiger partial charge in [-0.2, -0.15) is 4.98 Å². The fourth-order valence-corrected chi connectivity index (χ4v) is 3.58. The summed E-state index contributed by atoms with van der Waals surface area (Å²) in [6.45, 7) is 3.51. The number of carbonyl (C=O) groups is 1. The lowest BCUT2D eigenvalue weighted by Crippen LogP contribution is -2.33. The summed E-state index contributed by atoms with van der Waals surface area (Å²) in [5, 5.41) is 6.77. The van der Waals surface area contributed by atoms with E-state index in [1.54, 1.807) is 35.4 Å². The fourth-order valence-electron chi connectivity index (χ4n) is 3.38. The first-order valence-corrected chi connectivity index (χ1v) is 10.4. The van der Waals surface area contributed by atoms with Crippen molar-refractivity contribution >= 4 is 23.5 Å². The first-order chi connectivity index (χ1) is 15.0. The Labute approximate surface area is 185 Å². The van der Waals surface area contributed by atoms with E-state index in [2.05, 4.69) is 25.6 Å². The number of carbonyl (C=O) groups excluding carboxylic acids is 1. The number of halogens is 1. The van der Waals surface area contributed by atoms with Crippen molar-refractivity contribution in [1.82, 2.24) is 24.8 Å². The van der Waals surface area contributed by atoms with Crippen LogP contribution in [0.15, 0.2) is 43.0 Å². The minimum atomic E-state index is -0.374. The molecule has 0 aliphatic carbocycles. The van der Waals surface area contributed by atoms with Crippen molar-refractivity contribution in [1.29, 1.82) is 0 Å². The zero-order chi connectivity index (χ0) is 21.8. The Hall–Kier alpha value is -3.01. The topological polar surface area (TPSA) is 120 Å². The molecule has 4 rings (SSSR count). The highest BCUT2D eigenvalue weighted by Crippen LogP contribution is 2.19. The van der Waals surface area contributed by atoms with Crippen LogP contribution in [0.5, 0.6) is 0 Å². The zero-order valence-electron chi connectivity index (χ0n) is 17.1. The Kier molecular flexibility index (Phi) is 6.45. The second-order valence-electron chi connectivity index (χ2n) is 7.39. The molecule has 1 fully saturated rings. The van der Waals surface area contributed by atoms with Crippen LogP contribution in [-0.4, -0.2) is 51.2 Å². The number of aromatic nitrogens is 4. The zero-order valence-corrected chi connectivity index (χ0v) is 17.8. The van der Waals surface area contributed by atoms with Crippen LogP contribution in [0.4, 0.5) is 5.95 Å². The quantitative estimate of drug-likeness (QED) is 0.514. The normalized spacial score (nSPS) is 16.8. The van der Waals surface area contributed by atoms with Crippen LogP contribution in [0.2, 0.25) is 5.02 Å². The van der Waals surface area contributed by atoms with Gasteiger partial charge in [-0.15, -0.1) is 0 Å². The van der Waals surface area contributed by atoms with Crippen molar-refractivity contribution in [2.24, 2.45) is 5.73 Å². The van der Waals surface area contributed by atoms with Crippen molar-refractivity contribution in [3.05, 3.63) is 64.8 Å². The second kappa shape index (κ2) is 9.42. The number of rotatable bonds is 7. The maximum atomic E-state index is 12.8. The number of imidazole rings is 1. The van der Waals surface area contributed by atoms with Gasteiger partial charge in [0.15, 0.2) is 0 Å². The highest BCUT2D eigenvalue weighted by Gasteiger charge is 2.19. The van der Waals surface area contributed by atoms with Crippen molar-refractivity contribution in [3.8, 4) is 5.82 Å². The number of hydrogen-bond acceptors (Lipinski definition) is 7. The van der Waals surface area contributed by atoms with E-state index in [9.17, 15) is 4.79 Å². The molecule has 1 amide bonds. The first kappa shape index (κ1) is 21.2. The largest absolute Gasteiger partial charge is 0.379 e. The van der Waals surface area contributed by atoms with E-state index < -0.39 is 0 Å². The third-order valence-electron chi connectivity index (χ3n) is 5.06. The van der Waals surface area contributed by atoms with E-state index in [0.717, 1.165) is 24.2 Å². The molecule has 1 aliphatic rings. The van der Waals surface area contributed by atoms with Crippen LogP contribution in [0, 0.1) is 6.92 Å². The van der Waals surface area contributed by atoms with Crippen molar-refractivity contribution in [2.45, 2.75) is 25.4 Å². The molecule has 2 aromatic heterocycles. The molecule has 0 radical (unpaired) electrons. The number of nitrogens with zero attached hydrogens (tertiary/aromatic N) is 4. The van der Waals surface area contributed by atoms with E-state index in [-0.39, 0.29) is 30.2 Å². The summed E-state index contributed by atoms with van der Waals surface area (Å²) in [4.78, 5) is 26.0. The second-order valence-corrected chi connectivity index (χ2v) is 7.82. The molecule has 3 heterocycles. The Bertz CT molecular complexity index is 1070. The van der Waals surface area contributed by atoms with Gasteiger partial charge in [0.05, 0.1) is 18.7 Å². The summed E-state index contributed by atoms with van der Waals surface area (Å²) in [5.41, 5.74) is 7.82. The molecule has 2 atom stereocenters. The molecule has 3 aromatic rings. The standard InChI is InChI=1S/C21H24ClN7O2/c1-13-9-24-21(26-16-5-6-31-11-16)28-19(13)29-10-18(25-12-29)20(30)27-17(8-23)14-3-2-4-15(22)7-14/h2-4,7,9-10,12,16-17H,5-6,8,11,23H2,1H3,(H,27,30)(H,24,26,28)/t16-,17-/m1/s1. The highest BCUT2D eigenvalue weighted by atomic mass is 35.5. The SMILES string of the molecule is Cc1cnc(N[C@@H]2CCOC2)nc1-n1cnc(C(=O)N[C@H](CN)c2cccc(Cl)c2)c1. The Morgan fingerprint density at radius 3 is 3.03 bits per heavy atom. The molecule has 31 heavy (non-hydrogen) atoms. The molecule has 0 spiro atoms. The van der Waals surface area contributed by atoms with E-state index in [1.165, 1.54) is 0 Å². The maximum Gasteiger partial charge on any atom is 0.272 e. The van der Waals surface area contributed by atoms with Gasteiger partial charge < -0.3 is 21.1 Å². The van der Waals surface area contributed by atoms with Gasteiger partial charge in [-0.05, 0) is 31.0 Å². The smallest absolute Gasteiger partial charge is 0.272 e. The lowest BCUT2D eigenvalue weighted by Gasteiger charge is -2.16. The third-order valence-corrected chi connectivity index (χ3v) is 5.29. The summed E-state index contributed by atoms with van der Waals surface area (Å²) < 4.78 is 7.09. The van der Waals surface area contributed by atoms with Crippen LogP contribution in [0.25, 0.3) is 5.82 Å². The Balaban J connectivity index is 1.50. The number of anilines is 1. The lowest BCUT2D eigenvalue weighted by molar-refractivity contribution is 0.0933. The molecule has 0 bridgehead atoms. The number of hydrogen-bond donors (Lipinski definition) is 3. The van der Waals surface area contributed by atoms with E-state index in [0.29, 0.717) is 23.4 Å². The average molecular weight is 442 g/mol. The van der Waals surface area contributed by atoms with Crippen molar-refractivity contribution in [3.63, 3.8) is 0 Å². The number of nitrogens with two attached hydrogens (primary N) is 1. The molecule has 1 aliphatic heterocycles. The summed E-state index contributed by atoms with van der Waals surface area (Å²) in [6.07, 6.45) is 5.85. The van der Waals surface area contributed by atoms with Crippen molar-refractivity contribution < 1.29 is 9.53 Å². The van der Waals surface area contributed by atoms with Gasteiger partial charge in [-0.1, -0.05) is 23.7 Å². The van der Waals surface area contributed by atoms with Gasteiger partial charge in [0.25, 0.3) is 5.91 Å². The number of amides is 1. The van der Waals surface area contributed by atoms with Gasteiger partial charge in [0.1, 0.15) is 17.8 Å². The van der Waals surface area contributed by atoms with Gasteiger partial charge in [-0.3, -0.25) is 9.36 Å². The minimum Gasteiger partial charge on any atom is -0.379 e. The number of aryl methyl sites for hydroxylation is 1. The average Bonchev–Trinajstić information content (AvgIpc) is 3.45.